The largest absolute Gasteiger partial charge is 0.248 e. The second-order valence-corrected chi connectivity index (χ2v) is 5.47. The summed E-state index contributed by atoms with van der Waals surface area (Å²) >= 11 is 0. The average molecular weight is 297 g/mol. The van der Waals surface area contributed by atoms with Gasteiger partial charge in [0.05, 0.1) is 12.2 Å². The number of hydrogen-bond acceptors (Lipinski definition) is 5. The van der Waals surface area contributed by atoms with Crippen LogP contribution in [0.5, 0.6) is 0 Å². The van der Waals surface area contributed by atoms with Gasteiger partial charge in [-0.2, -0.15) is 5.21 Å². The van der Waals surface area contributed by atoms with Gasteiger partial charge in [0.1, 0.15) is 0 Å². The minimum Gasteiger partial charge on any atom is -0.248 e. The van der Waals surface area contributed by atoms with Crippen LogP contribution in [0.15, 0.2) is 30.5 Å². The fourth-order valence-electron chi connectivity index (χ4n) is 2.48. The number of H-pyrrole nitrogens is 1. The first-order chi connectivity index (χ1) is 10.8. The predicted octanol–water partition coefficient (Wildman–Crippen LogP) is 2.41. The van der Waals surface area contributed by atoms with E-state index in [-0.39, 0.29) is 0 Å². The Kier molecular flexibility index (Phi) is 4.22. The van der Waals surface area contributed by atoms with Gasteiger partial charge in [0.2, 0.25) is 5.82 Å². The van der Waals surface area contributed by atoms with E-state index in [2.05, 4.69) is 50.9 Å². The normalized spacial score (nSPS) is 12.5. The van der Waals surface area contributed by atoms with Gasteiger partial charge in [-0.05, 0) is 23.3 Å². The molecule has 7 heteroatoms. The van der Waals surface area contributed by atoms with Crippen LogP contribution < -0.4 is 0 Å². The van der Waals surface area contributed by atoms with Crippen LogP contribution in [0.4, 0.5) is 0 Å². The fourth-order valence-corrected chi connectivity index (χ4v) is 2.48. The van der Waals surface area contributed by atoms with Crippen molar-refractivity contribution in [1.29, 1.82) is 0 Å². The Morgan fingerprint density at radius 1 is 1.27 bits per heavy atom. The number of nitrogens with one attached hydrogen (secondary N) is 1. The molecule has 2 heterocycles. The van der Waals surface area contributed by atoms with Crippen LogP contribution in [-0.2, 0) is 6.54 Å². The first kappa shape index (κ1) is 14.4. The lowest BCUT2D eigenvalue weighted by Gasteiger charge is -2.04. The molecule has 0 radical (unpaired) electrons. The zero-order valence-electron chi connectivity index (χ0n) is 12.8. The standard InChI is InChI=1S/C15H19N7/c1-3-5-11(2)14-10-22(21-16-14)9-12-6-4-7-13(8-12)15-17-19-20-18-15/h4,6-8,10-11H,3,5,9H2,1-2H3,(H,17,18,19,20). The zero-order chi connectivity index (χ0) is 15.4. The Hall–Kier alpha value is -2.57. The molecule has 1 atom stereocenters. The molecule has 22 heavy (non-hydrogen) atoms. The lowest BCUT2D eigenvalue weighted by molar-refractivity contribution is 0.636. The maximum absolute atomic E-state index is 4.28. The Labute approximate surface area is 128 Å². The number of aromatic nitrogens is 7. The van der Waals surface area contributed by atoms with E-state index in [1.165, 1.54) is 0 Å². The summed E-state index contributed by atoms with van der Waals surface area (Å²) in [5.41, 5.74) is 3.11. The van der Waals surface area contributed by atoms with E-state index in [0.29, 0.717) is 18.3 Å². The Morgan fingerprint density at radius 2 is 2.18 bits per heavy atom. The van der Waals surface area contributed by atoms with E-state index in [4.69, 9.17) is 0 Å². The summed E-state index contributed by atoms with van der Waals surface area (Å²) in [7, 11) is 0. The van der Waals surface area contributed by atoms with Crippen LogP contribution in [0.2, 0.25) is 0 Å². The smallest absolute Gasteiger partial charge is 0.204 e. The van der Waals surface area contributed by atoms with Gasteiger partial charge in [0.15, 0.2) is 0 Å². The van der Waals surface area contributed by atoms with Crippen LogP contribution in [0.1, 0.15) is 43.9 Å². The second-order valence-electron chi connectivity index (χ2n) is 5.47. The maximum Gasteiger partial charge on any atom is 0.204 e. The molecule has 1 unspecified atom stereocenters. The fraction of sp³-hybridized carbons (Fsp3) is 0.400. The minimum absolute atomic E-state index is 0.449. The molecule has 7 nitrogen and oxygen atoms in total. The SMILES string of the molecule is CCCC(C)c1cn(Cc2cccc(-c3nn[nH]n3)c2)nn1. The average Bonchev–Trinajstić information content (AvgIpc) is 3.19. The number of hydrogen-bond donors (Lipinski definition) is 1. The molecule has 1 aromatic carbocycles. The molecule has 0 aliphatic heterocycles. The maximum atomic E-state index is 4.28. The monoisotopic (exact) mass is 297 g/mol. The third kappa shape index (κ3) is 3.19. The van der Waals surface area contributed by atoms with E-state index in [9.17, 15) is 0 Å². The number of tetrazole rings is 1. The van der Waals surface area contributed by atoms with E-state index in [1.807, 2.05) is 29.1 Å². The van der Waals surface area contributed by atoms with E-state index < -0.39 is 0 Å². The van der Waals surface area contributed by atoms with E-state index in [1.54, 1.807) is 0 Å². The molecule has 0 aliphatic carbocycles. The number of nitrogens with zero attached hydrogens (tertiary/aromatic N) is 6. The molecule has 1 N–H and O–H groups in total. The quantitative estimate of drug-likeness (QED) is 0.755. The highest BCUT2D eigenvalue weighted by Gasteiger charge is 2.10. The number of rotatable bonds is 6. The molecule has 0 saturated heterocycles. The van der Waals surface area contributed by atoms with E-state index in [0.717, 1.165) is 29.7 Å². The van der Waals surface area contributed by atoms with Gasteiger partial charge in [-0.1, -0.05) is 43.7 Å². The number of benzene rings is 1. The molecule has 0 saturated carbocycles. The highest BCUT2D eigenvalue weighted by molar-refractivity contribution is 5.54. The third-order valence-electron chi connectivity index (χ3n) is 3.66. The van der Waals surface area contributed by atoms with Gasteiger partial charge >= 0.3 is 0 Å². The number of aromatic amines is 1. The van der Waals surface area contributed by atoms with Gasteiger partial charge in [-0.3, -0.25) is 0 Å². The highest BCUT2D eigenvalue weighted by Crippen LogP contribution is 2.19. The molecule has 0 aliphatic rings. The van der Waals surface area contributed by atoms with Crippen molar-refractivity contribution >= 4 is 0 Å². The molecule has 0 bridgehead atoms. The zero-order valence-corrected chi connectivity index (χ0v) is 12.8. The van der Waals surface area contributed by atoms with Crippen molar-refractivity contribution in [3.05, 3.63) is 41.7 Å². The molecule has 0 amide bonds. The van der Waals surface area contributed by atoms with Crippen molar-refractivity contribution in [2.45, 2.75) is 39.2 Å². The molecular formula is C15H19N7. The van der Waals surface area contributed by atoms with Crippen LogP contribution in [0, 0.1) is 0 Å². The molecule has 0 fully saturated rings. The highest BCUT2D eigenvalue weighted by atomic mass is 15.5. The van der Waals surface area contributed by atoms with Crippen LogP contribution >= 0.6 is 0 Å². The van der Waals surface area contributed by atoms with Crippen molar-refractivity contribution in [3.8, 4) is 11.4 Å². The Balaban J connectivity index is 1.75. The lowest BCUT2D eigenvalue weighted by atomic mass is 10.0. The van der Waals surface area contributed by atoms with Gasteiger partial charge in [0.25, 0.3) is 0 Å². The summed E-state index contributed by atoms with van der Waals surface area (Å²) in [4.78, 5) is 0. The third-order valence-corrected chi connectivity index (χ3v) is 3.66. The van der Waals surface area contributed by atoms with Crippen molar-refractivity contribution in [1.82, 2.24) is 35.6 Å². The summed E-state index contributed by atoms with van der Waals surface area (Å²) in [5, 5.41) is 22.6. The van der Waals surface area contributed by atoms with Crippen LogP contribution in [0.25, 0.3) is 11.4 Å². The Morgan fingerprint density at radius 3 is 2.95 bits per heavy atom. The van der Waals surface area contributed by atoms with Crippen molar-refractivity contribution in [2.75, 3.05) is 0 Å². The first-order valence-corrected chi connectivity index (χ1v) is 7.49. The Bertz CT molecular complexity index is 717. The first-order valence-electron chi connectivity index (χ1n) is 7.49. The van der Waals surface area contributed by atoms with Gasteiger partial charge in [-0.15, -0.1) is 15.3 Å². The lowest BCUT2D eigenvalue weighted by Crippen LogP contribution is -2.00. The second kappa shape index (κ2) is 6.46. The topological polar surface area (TPSA) is 85.2 Å². The molecule has 2 aromatic heterocycles. The minimum atomic E-state index is 0.449. The van der Waals surface area contributed by atoms with Crippen molar-refractivity contribution in [3.63, 3.8) is 0 Å². The van der Waals surface area contributed by atoms with Crippen molar-refractivity contribution < 1.29 is 0 Å². The van der Waals surface area contributed by atoms with Crippen LogP contribution in [0.3, 0.4) is 0 Å². The molecule has 114 valence electrons. The summed E-state index contributed by atoms with van der Waals surface area (Å²) in [5.74, 6) is 1.04. The predicted molar refractivity (Wildman–Crippen MR) is 82.1 cm³/mol. The van der Waals surface area contributed by atoms with Gasteiger partial charge < -0.3 is 0 Å². The van der Waals surface area contributed by atoms with Gasteiger partial charge in [-0.25, -0.2) is 4.68 Å². The summed E-state index contributed by atoms with van der Waals surface area (Å²) in [6.45, 7) is 5.05. The summed E-state index contributed by atoms with van der Waals surface area (Å²) < 4.78 is 1.87. The summed E-state index contributed by atoms with van der Waals surface area (Å²) in [6.07, 6.45) is 4.31. The van der Waals surface area contributed by atoms with Crippen molar-refractivity contribution in [2.24, 2.45) is 0 Å². The van der Waals surface area contributed by atoms with E-state index >= 15 is 0 Å². The molecular weight excluding hydrogens is 278 g/mol. The van der Waals surface area contributed by atoms with Gasteiger partial charge in [0, 0.05) is 17.7 Å². The molecule has 3 rings (SSSR count). The molecule has 0 spiro atoms. The molecule has 3 aromatic rings. The van der Waals surface area contributed by atoms with Crippen LogP contribution in [-0.4, -0.2) is 35.6 Å². The summed E-state index contributed by atoms with van der Waals surface area (Å²) in [6, 6.07) is 8.05.